The summed E-state index contributed by atoms with van der Waals surface area (Å²) < 4.78 is 1.73. The van der Waals surface area contributed by atoms with Crippen LogP contribution in [0.15, 0.2) is 48.7 Å². The van der Waals surface area contributed by atoms with E-state index in [2.05, 4.69) is 20.5 Å². The lowest BCUT2D eigenvalue weighted by atomic mass is 10.1. The van der Waals surface area contributed by atoms with Crippen LogP contribution in [0.3, 0.4) is 0 Å². The summed E-state index contributed by atoms with van der Waals surface area (Å²) in [6, 6.07) is 12.6. The van der Waals surface area contributed by atoms with Crippen molar-refractivity contribution in [3.63, 3.8) is 0 Å². The summed E-state index contributed by atoms with van der Waals surface area (Å²) in [4.78, 5) is 30.3. The molecule has 8 nitrogen and oxygen atoms in total. The number of aromatic nitrogens is 5. The van der Waals surface area contributed by atoms with Crippen LogP contribution >= 0.6 is 0 Å². The van der Waals surface area contributed by atoms with E-state index in [1.54, 1.807) is 35.1 Å². The van der Waals surface area contributed by atoms with Gasteiger partial charge in [-0.3, -0.25) is 19.5 Å². The van der Waals surface area contributed by atoms with Crippen LogP contribution in [0, 0.1) is 0 Å². The fourth-order valence-corrected chi connectivity index (χ4v) is 3.18. The average Bonchev–Trinajstić information content (AvgIpc) is 3.27. The number of rotatable bonds is 7. The van der Waals surface area contributed by atoms with Gasteiger partial charge in [0.05, 0.1) is 11.1 Å². The molecule has 0 bridgehead atoms. The molecule has 0 atom stereocenters. The summed E-state index contributed by atoms with van der Waals surface area (Å²) in [6.45, 7) is 1.08. The molecule has 136 valence electrons. The number of carbonyl (C=O) groups is 2. The molecule has 1 aliphatic heterocycles. The number of imide groups is 1. The van der Waals surface area contributed by atoms with Gasteiger partial charge in [-0.25, -0.2) is 4.68 Å². The molecule has 0 fully saturated rings. The van der Waals surface area contributed by atoms with Crippen molar-refractivity contribution in [1.29, 1.82) is 0 Å². The zero-order chi connectivity index (χ0) is 18.6. The molecular formula is C19H18N6O2. The average molecular weight is 362 g/mol. The van der Waals surface area contributed by atoms with Gasteiger partial charge in [0.25, 0.3) is 11.8 Å². The van der Waals surface area contributed by atoms with Gasteiger partial charge in [0.15, 0.2) is 0 Å². The Morgan fingerprint density at radius 3 is 2.22 bits per heavy atom. The third kappa shape index (κ3) is 3.33. The van der Waals surface area contributed by atoms with Gasteiger partial charge in [0.1, 0.15) is 5.69 Å². The molecule has 0 saturated carbocycles. The second-order valence-electron chi connectivity index (χ2n) is 6.31. The molecule has 3 heterocycles. The Labute approximate surface area is 155 Å². The van der Waals surface area contributed by atoms with Crippen molar-refractivity contribution in [3.8, 4) is 11.5 Å². The first-order chi connectivity index (χ1) is 13.3. The monoisotopic (exact) mass is 362 g/mol. The molecule has 2 amide bonds. The first kappa shape index (κ1) is 17.0. The summed E-state index contributed by atoms with van der Waals surface area (Å²) in [5, 5.41) is 11.8. The fourth-order valence-electron chi connectivity index (χ4n) is 3.18. The summed E-state index contributed by atoms with van der Waals surface area (Å²) in [5.74, 6) is 0.234. The van der Waals surface area contributed by atoms with Gasteiger partial charge in [0.2, 0.25) is 5.82 Å². The SMILES string of the molecule is O=C1c2ccccc2C(=O)N1CCCCCn1nnnc1-c1ccccn1. The van der Waals surface area contributed by atoms with Crippen LogP contribution in [0.5, 0.6) is 0 Å². The molecule has 0 spiro atoms. The van der Waals surface area contributed by atoms with E-state index in [4.69, 9.17) is 0 Å². The van der Waals surface area contributed by atoms with Crippen LogP contribution in [-0.2, 0) is 6.54 Å². The molecule has 4 rings (SSSR count). The number of benzene rings is 1. The van der Waals surface area contributed by atoms with E-state index in [1.807, 2.05) is 18.2 Å². The number of hydrogen-bond donors (Lipinski definition) is 0. The predicted molar refractivity (Wildman–Crippen MR) is 96.7 cm³/mol. The molecule has 2 aromatic heterocycles. The molecule has 3 aromatic rings. The fraction of sp³-hybridized carbons (Fsp3) is 0.263. The maximum atomic E-state index is 12.3. The molecular weight excluding hydrogens is 344 g/mol. The van der Waals surface area contributed by atoms with Gasteiger partial charge >= 0.3 is 0 Å². The third-order valence-corrected chi connectivity index (χ3v) is 4.56. The van der Waals surface area contributed by atoms with Gasteiger partial charge < -0.3 is 0 Å². The second kappa shape index (κ2) is 7.45. The molecule has 0 radical (unpaired) electrons. The van der Waals surface area contributed by atoms with Crippen molar-refractivity contribution in [2.24, 2.45) is 0 Å². The maximum absolute atomic E-state index is 12.3. The van der Waals surface area contributed by atoms with Gasteiger partial charge in [0, 0.05) is 19.3 Å². The van der Waals surface area contributed by atoms with Crippen molar-refractivity contribution in [2.75, 3.05) is 6.54 Å². The summed E-state index contributed by atoms with van der Waals surface area (Å²) in [7, 11) is 0. The van der Waals surface area contributed by atoms with Crippen molar-refractivity contribution in [2.45, 2.75) is 25.8 Å². The highest BCUT2D eigenvalue weighted by Gasteiger charge is 2.34. The van der Waals surface area contributed by atoms with E-state index in [0.29, 0.717) is 30.0 Å². The zero-order valence-corrected chi connectivity index (χ0v) is 14.7. The Hall–Kier alpha value is -3.42. The standard InChI is InChI=1S/C19H18N6O2/c26-18-14-8-2-3-9-15(14)19(27)24(18)12-6-1-7-13-25-17(21-22-23-25)16-10-4-5-11-20-16/h2-5,8-11H,1,6-7,12-13H2. The molecule has 0 N–H and O–H groups in total. The van der Waals surface area contributed by atoms with Crippen LogP contribution in [0.2, 0.25) is 0 Å². The number of hydrogen-bond acceptors (Lipinski definition) is 6. The van der Waals surface area contributed by atoms with E-state index in [9.17, 15) is 9.59 Å². The molecule has 0 unspecified atom stereocenters. The first-order valence-electron chi connectivity index (χ1n) is 8.88. The smallest absolute Gasteiger partial charge is 0.261 e. The molecule has 0 saturated heterocycles. The van der Waals surface area contributed by atoms with E-state index >= 15 is 0 Å². The van der Waals surface area contributed by atoms with Crippen LogP contribution in [0.1, 0.15) is 40.0 Å². The Morgan fingerprint density at radius 1 is 0.815 bits per heavy atom. The Kier molecular flexibility index (Phi) is 4.69. The van der Waals surface area contributed by atoms with E-state index in [1.165, 1.54) is 4.90 Å². The highest BCUT2D eigenvalue weighted by Crippen LogP contribution is 2.22. The van der Waals surface area contributed by atoms with Crippen LogP contribution in [0.25, 0.3) is 11.5 Å². The van der Waals surface area contributed by atoms with Crippen molar-refractivity contribution in [1.82, 2.24) is 30.1 Å². The lowest BCUT2D eigenvalue weighted by Gasteiger charge is -2.13. The normalized spacial score (nSPS) is 13.3. The number of carbonyl (C=O) groups excluding carboxylic acids is 2. The van der Waals surface area contributed by atoms with Crippen molar-refractivity contribution < 1.29 is 9.59 Å². The lowest BCUT2D eigenvalue weighted by molar-refractivity contribution is 0.0651. The number of pyridine rings is 1. The minimum absolute atomic E-state index is 0.200. The van der Waals surface area contributed by atoms with E-state index < -0.39 is 0 Å². The Bertz CT molecular complexity index is 934. The quantitative estimate of drug-likeness (QED) is 0.472. The van der Waals surface area contributed by atoms with Gasteiger partial charge in [-0.2, -0.15) is 0 Å². The summed E-state index contributed by atoms with van der Waals surface area (Å²) in [6.07, 6.45) is 4.14. The molecule has 1 aromatic carbocycles. The zero-order valence-electron chi connectivity index (χ0n) is 14.7. The summed E-state index contributed by atoms with van der Waals surface area (Å²) >= 11 is 0. The number of amides is 2. The topological polar surface area (TPSA) is 93.9 Å². The highest BCUT2D eigenvalue weighted by atomic mass is 16.2. The van der Waals surface area contributed by atoms with Crippen LogP contribution in [-0.4, -0.2) is 48.5 Å². The van der Waals surface area contributed by atoms with Crippen LogP contribution in [0.4, 0.5) is 0 Å². The van der Waals surface area contributed by atoms with Crippen molar-refractivity contribution in [3.05, 3.63) is 59.8 Å². The van der Waals surface area contributed by atoms with Crippen molar-refractivity contribution >= 4 is 11.8 Å². The van der Waals surface area contributed by atoms with Gasteiger partial charge in [-0.1, -0.05) is 18.2 Å². The number of unbranched alkanes of at least 4 members (excludes halogenated alkanes) is 2. The molecule has 1 aliphatic rings. The minimum atomic E-state index is -0.200. The largest absolute Gasteiger partial charge is 0.274 e. The number of aryl methyl sites for hydroxylation is 1. The minimum Gasteiger partial charge on any atom is -0.274 e. The lowest BCUT2D eigenvalue weighted by Crippen LogP contribution is -2.30. The molecule has 0 aliphatic carbocycles. The maximum Gasteiger partial charge on any atom is 0.261 e. The number of tetrazole rings is 1. The predicted octanol–water partition coefficient (Wildman–Crippen LogP) is 2.20. The highest BCUT2D eigenvalue weighted by molar-refractivity contribution is 6.21. The summed E-state index contributed by atoms with van der Waals surface area (Å²) in [5.41, 5.74) is 1.72. The number of fused-ring (bicyclic) bond motifs is 1. The van der Waals surface area contributed by atoms with E-state index in [0.717, 1.165) is 25.0 Å². The first-order valence-corrected chi connectivity index (χ1v) is 8.88. The molecule has 8 heteroatoms. The number of nitrogens with zero attached hydrogens (tertiary/aromatic N) is 6. The van der Waals surface area contributed by atoms with E-state index in [-0.39, 0.29) is 11.8 Å². The second-order valence-corrected chi connectivity index (χ2v) is 6.31. The van der Waals surface area contributed by atoms with Gasteiger partial charge in [-0.05, 0) is 54.0 Å². The molecule has 27 heavy (non-hydrogen) atoms. The third-order valence-electron chi connectivity index (χ3n) is 4.56. The Morgan fingerprint density at radius 2 is 1.52 bits per heavy atom. The van der Waals surface area contributed by atoms with Gasteiger partial charge in [-0.15, -0.1) is 5.10 Å². The van der Waals surface area contributed by atoms with Crippen LogP contribution < -0.4 is 0 Å². The Balaban J connectivity index is 1.28.